The minimum Gasteiger partial charge on any atom is -0.424 e. The van der Waals surface area contributed by atoms with Crippen LogP contribution in [0.25, 0.3) is 0 Å². The summed E-state index contributed by atoms with van der Waals surface area (Å²) in [4.78, 5) is 44.0. The molecule has 3 aromatic rings. The van der Waals surface area contributed by atoms with Crippen molar-refractivity contribution in [3.05, 3.63) is 81.6 Å². The summed E-state index contributed by atoms with van der Waals surface area (Å²) in [6.45, 7) is 4.66. The minimum atomic E-state index is -0.945. The first-order valence-corrected chi connectivity index (χ1v) is 16.0. The quantitative estimate of drug-likeness (QED) is 0.383. The summed E-state index contributed by atoms with van der Waals surface area (Å²) in [6, 6.07) is 13.2. The molecule has 1 unspecified atom stereocenters. The molecule has 3 amide bonds. The molecule has 0 bridgehead atoms. The van der Waals surface area contributed by atoms with Crippen LogP contribution >= 0.6 is 0 Å². The Balaban J connectivity index is 1.64. The second-order valence-electron chi connectivity index (χ2n) is 12.8. The van der Waals surface area contributed by atoms with Gasteiger partial charge in [0.1, 0.15) is 11.5 Å². The molecule has 1 aromatic heterocycles. The van der Waals surface area contributed by atoms with E-state index in [0.717, 1.165) is 28.7 Å². The van der Waals surface area contributed by atoms with Crippen LogP contribution in [0.5, 0.6) is 0 Å². The van der Waals surface area contributed by atoms with Gasteiger partial charge in [-0.25, -0.2) is 0 Å². The smallest absolute Gasteiger partial charge is 0.253 e. The Morgan fingerprint density at radius 3 is 2.11 bits per heavy atom. The van der Waals surface area contributed by atoms with Crippen molar-refractivity contribution in [2.45, 2.75) is 69.9 Å². The van der Waals surface area contributed by atoms with Crippen LogP contribution in [0.2, 0.25) is 0 Å². The Kier molecular flexibility index (Phi) is 9.58. The first kappa shape index (κ1) is 32.8. The van der Waals surface area contributed by atoms with Crippen molar-refractivity contribution in [2.75, 3.05) is 41.3 Å². The van der Waals surface area contributed by atoms with E-state index in [1.807, 2.05) is 50.2 Å². The number of rotatable bonds is 9. The lowest BCUT2D eigenvalue weighted by molar-refractivity contribution is -0.130. The van der Waals surface area contributed by atoms with Gasteiger partial charge in [0.25, 0.3) is 11.8 Å². The molecule has 0 saturated carbocycles. The van der Waals surface area contributed by atoms with Gasteiger partial charge >= 0.3 is 0 Å². The van der Waals surface area contributed by atoms with Crippen LogP contribution in [-0.2, 0) is 29.5 Å². The number of carbonyl (C=O) groups excluding carboxylic acids is 3. The van der Waals surface area contributed by atoms with Gasteiger partial charge in [-0.05, 0) is 85.5 Å². The summed E-state index contributed by atoms with van der Waals surface area (Å²) >= 11 is 0. The highest BCUT2D eigenvalue weighted by atomic mass is 16.4. The maximum Gasteiger partial charge on any atom is 0.253 e. The second kappa shape index (κ2) is 13.4. The molecule has 2 atom stereocenters. The van der Waals surface area contributed by atoms with Crippen LogP contribution in [0.15, 0.2) is 40.8 Å². The van der Waals surface area contributed by atoms with Crippen LogP contribution in [0, 0.1) is 11.3 Å². The topological polar surface area (TPSA) is 136 Å². The third-order valence-electron chi connectivity index (χ3n) is 9.17. The number of nitriles is 1. The summed E-state index contributed by atoms with van der Waals surface area (Å²) in [7, 11) is 6.94. The predicted molar refractivity (Wildman–Crippen MR) is 172 cm³/mol. The molecule has 2 aromatic carbocycles. The van der Waals surface area contributed by atoms with E-state index >= 15 is 0 Å². The third kappa shape index (κ3) is 6.14. The van der Waals surface area contributed by atoms with Crippen molar-refractivity contribution in [3.8, 4) is 6.07 Å². The molecule has 46 heavy (non-hydrogen) atoms. The van der Waals surface area contributed by atoms with E-state index in [-0.39, 0.29) is 36.3 Å². The number of benzene rings is 2. The highest BCUT2D eigenvalue weighted by Gasteiger charge is 2.47. The maximum atomic E-state index is 13.2. The largest absolute Gasteiger partial charge is 0.424 e. The number of nitrogens with zero attached hydrogens (tertiary/aromatic N) is 6. The standard InChI is InChI=1S/C35H43N7O4/c1-7-30-38-39-34(46-30)35(19-22(2)37-21-31(43)42-16-8-9-27(42)20-36)28-14-12-25(32(44)40(3)4)17-23(28)10-11-24-18-26(13-15-29(24)35)33(45)41(5)6/h12-15,17-18,22,27,37H,7-11,16,19,21H2,1-6H3/t22-,27?/m1/s1. The summed E-state index contributed by atoms with van der Waals surface area (Å²) in [5.41, 5.74) is 4.09. The highest BCUT2D eigenvalue weighted by molar-refractivity contribution is 5.95. The molecular formula is C35H43N7O4. The third-order valence-corrected chi connectivity index (χ3v) is 9.17. The molecule has 242 valence electrons. The minimum absolute atomic E-state index is 0.0890. The van der Waals surface area contributed by atoms with E-state index in [9.17, 15) is 19.6 Å². The zero-order valence-electron chi connectivity index (χ0n) is 27.6. The van der Waals surface area contributed by atoms with E-state index in [1.54, 1.807) is 42.9 Å². The maximum absolute atomic E-state index is 13.2. The van der Waals surface area contributed by atoms with E-state index in [2.05, 4.69) is 21.6 Å². The fourth-order valence-electron chi connectivity index (χ4n) is 6.83. The number of hydrogen-bond acceptors (Lipinski definition) is 8. The first-order valence-electron chi connectivity index (χ1n) is 16.0. The van der Waals surface area contributed by atoms with E-state index in [0.29, 0.717) is 61.6 Å². The van der Waals surface area contributed by atoms with Gasteiger partial charge in [0.15, 0.2) is 0 Å². The monoisotopic (exact) mass is 625 g/mol. The molecule has 2 aliphatic rings. The number of carbonyl (C=O) groups is 3. The van der Waals surface area contributed by atoms with Gasteiger partial charge in [-0.1, -0.05) is 19.1 Å². The molecule has 1 saturated heterocycles. The summed E-state index contributed by atoms with van der Waals surface area (Å²) in [5.74, 6) is 0.651. The number of amides is 3. The molecule has 11 nitrogen and oxygen atoms in total. The summed E-state index contributed by atoms with van der Waals surface area (Å²) in [5, 5.41) is 21.9. The summed E-state index contributed by atoms with van der Waals surface area (Å²) in [6.07, 6.45) is 3.81. The predicted octanol–water partition coefficient (Wildman–Crippen LogP) is 3.35. The van der Waals surface area contributed by atoms with Gasteiger partial charge in [0, 0.05) is 58.3 Å². The normalized spacial score (nSPS) is 17.3. The molecule has 11 heteroatoms. The molecule has 1 fully saturated rings. The Morgan fingerprint density at radius 1 is 1.02 bits per heavy atom. The van der Waals surface area contributed by atoms with Crippen molar-refractivity contribution >= 4 is 17.7 Å². The van der Waals surface area contributed by atoms with Gasteiger partial charge in [-0.15, -0.1) is 10.2 Å². The molecule has 1 aliphatic heterocycles. The SMILES string of the molecule is CCc1nnc(C2(C[C@@H](C)NCC(=O)N3CCCC3C#N)c3ccc(C(=O)N(C)C)cc3CCc3cc(C(=O)N(C)C)ccc32)o1. The zero-order chi connectivity index (χ0) is 33.2. The first-order chi connectivity index (χ1) is 22.0. The van der Waals surface area contributed by atoms with Crippen LogP contribution < -0.4 is 5.32 Å². The van der Waals surface area contributed by atoms with Crippen LogP contribution in [0.4, 0.5) is 0 Å². The van der Waals surface area contributed by atoms with Gasteiger partial charge in [-0.2, -0.15) is 5.26 Å². The van der Waals surface area contributed by atoms with Gasteiger partial charge in [0.05, 0.1) is 12.6 Å². The van der Waals surface area contributed by atoms with Gasteiger partial charge in [-0.3, -0.25) is 14.4 Å². The second-order valence-corrected chi connectivity index (χ2v) is 12.8. The van der Waals surface area contributed by atoms with Crippen molar-refractivity contribution in [2.24, 2.45) is 0 Å². The molecule has 0 radical (unpaired) electrons. The van der Waals surface area contributed by atoms with Crippen LogP contribution in [0.3, 0.4) is 0 Å². The number of likely N-dealkylation sites (tertiary alicyclic amines) is 1. The van der Waals surface area contributed by atoms with Crippen molar-refractivity contribution in [3.63, 3.8) is 0 Å². The average Bonchev–Trinajstić information content (AvgIpc) is 3.72. The van der Waals surface area contributed by atoms with Crippen LogP contribution in [0.1, 0.15) is 87.9 Å². The number of nitrogens with one attached hydrogen (secondary N) is 1. The highest BCUT2D eigenvalue weighted by Crippen LogP contribution is 2.48. The lowest BCUT2D eigenvalue weighted by atomic mass is 9.68. The summed E-state index contributed by atoms with van der Waals surface area (Å²) < 4.78 is 6.40. The Morgan fingerprint density at radius 2 is 1.61 bits per heavy atom. The zero-order valence-corrected chi connectivity index (χ0v) is 27.6. The average molecular weight is 626 g/mol. The fraction of sp³-hybridized carbons (Fsp3) is 0.486. The van der Waals surface area contributed by atoms with E-state index in [1.165, 1.54) is 0 Å². The van der Waals surface area contributed by atoms with Crippen molar-refractivity contribution < 1.29 is 18.8 Å². The van der Waals surface area contributed by atoms with Crippen LogP contribution in [-0.4, -0.2) is 96.0 Å². The molecule has 5 rings (SSSR count). The Hall–Kier alpha value is -4.56. The molecule has 2 heterocycles. The van der Waals surface area contributed by atoms with Crippen molar-refractivity contribution in [1.82, 2.24) is 30.2 Å². The van der Waals surface area contributed by atoms with Gasteiger partial charge in [0.2, 0.25) is 17.7 Å². The molecule has 1 N–H and O–H groups in total. The van der Waals surface area contributed by atoms with E-state index in [4.69, 9.17) is 4.42 Å². The number of aryl methyl sites for hydroxylation is 3. The molecular weight excluding hydrogens is 582 g/mol. The lowest BCUT2D eigenvalue weighted by Gasteiger charge is -2.36. The number of aromatic nitrogens is 2. The van der Waals surface area contributed by atoms with Crippen molar-refractivity contribution in [1.29, 1.82) is 5.26 Å². The number of fused-ring (bicyclic) bond motifs is 2. The fourth-order valence-corrected chi connectivity index (χ4v) is 6.83. The Bertz CT molecular complexity index is 1600. The Labute approximate surface area is 270 Å². The molecule has 1 aliphatic carbocycles. The molecule has 0 spiro atoms. The number of hydrogen-bond donors (Lipinski definition) is 1. The lowest BCUT2D eigenvalue weighted by Crippen LogP contribution is -2.45. The van der Waals surface area contributed by atoms with Gasteiger partial charge < -0.3 is 24.4 Å². The van der Waals surface area contributed by atoms with E-state index < -0.39 is 5.41 Å².